The Kier molecular flexibility index (Phi) is 12.0. The van der Waals surface area contributed by atoms with E-state index < -0.39 is 0 Å². The molecule has 71 heavy (non-hydrogen) atoms. The predicted molar refractivity (Wildman–Crippen MR) is 305 cm³/mol. The molecule has 0 spiro atoms. The van der Waals surface area contributed by atoms with Gasteiger partial charge in [0.25, 0.3) is 0 Å². The SMILES string of the molecule is CC(C)(C)c1cc(Oc2ccc3c4ccccc4n(-c4cc(-c5c(C(C)(C)C)cc(C(C)(C)C)cc5C(C)(C)C)ccn4)c3c2)cc(N2CN(c3cc(C(C)(C)C)cc(C(C)(C)C)c3)c3ccccc32)c1. The van der Waals surface area contributed by atoms with Crippen LogP contribution >= 0.6 is 0 Å². The first-order chi connectivity index (χ1) is 33.0. The third-order valence-corrected chi connectivity index (χ3v) is 14.5. The zero-order valence-electron chi connectivity index (χ0n) is 46.1. The Morgan fingerprint density at radius 3 is 1.42 bits per heavy atom. The Balaban J connectivity index is 1.15. The van der Waals surface area contributed by atoms with Gasteiger partial charge < -0.3 is 14.5 Å². The van der Waals surface area contributed by atoms with Gasteiger partial charge in [-0.1, -0.05) is 173 Å². The summed E-state index contributed by atoms with van der Waals surface area (Å²) in [7, 11) is 0. The Bertz CT molecular complexity index is 3260. The predicted octanol–water partition coefficient (Wildman–Crippen LogP) is 18.7. The largest absolute Gasteiger partial charge is 0.457 e. The Morgan fingerprint density at radius 1 is 0.408 bits per heavy atom. The van der Waals surface area contributed by atoms with Crippen LogP contribution in [-0.2, 0) is 32.5 Å². The quantitative estimate of drug-likeness (QED) is 0.166. The molecular weight excluding hydrogens is 865 g/mol. The van der Waals surface area contributed by atoms with Crippen LogP contribution in [0.15, 0.2) is 134 Å². The molecule has 3 heterocycles. The molecule has 1 aliphatic heterocycles. The molecule has 0 saturated carbocycles. The lowest BCUT2D eigenvalue weighted by Gasteiger charge is -2.34. The molecule has 8 aromatic rings. The molecule has 1 aliphatic rings. The summed E-state index contributed by atoms with van der Waals surface area (Å²) in [5.41, 5.74) is 17.0. The van der Waals surface area contributed by atoms with E-state index in [4.69, 9.17) is 9.72 Å². The summed E-state index contributed by atoms with van der Waals surface area (Å²) in [6.07, 6.45) is 1.99. The maximum Gasteiger partial charge on any atom is 0.138 e. The lowest BCUT2D eigenvalue weighted by molar-refractivity contribution is 0.479. The minimum Gasteiger partial charge on any atom is -0.457 e. The van der Waals surface area contributed by atoms with Crippen molar-refractivity contribution in [3.63, 3.8) is 0 Å². The van der Waals surface area contributed by atoms with Gasteiger partial charge in [0.2, 0.25) is 0 Å². The molecule has 9 rings (SSSR count). The van der Waals surface area contributed by atoms with E-state index in [1.807, 2.05) is 6.20 Å². The summed E-state index contributed by atoms with van der Waals surface area (Å²) in [6.45, 7) is 42.4. The van der Waals surface area contributed by atoms with Crippen molar-refractivity contribution in [3.8, 4) is 28.4 Å². The second-order valence-corrected chi connectivity index (χ2v) is 26.5. The van der Waals surface area contributed by atoms with Crippen molar-refractivity contribution in [1.82, 2.24) is 9.55 Å². The van der Waals surface area contributed by atoms with Gasteiger partial charge in [-0.15, -0.1) is 0 Å². The normalized spacial score (nSPS) is 13.9. The van der Waals surface area contributed by atoms with Crippen LogP contribution in [-0.4, -0.2) is 16.2 Å². The maximum atomic E-state index is 7.08. The van der Waals surface area contributed by atoms with E-state index in [-0.39, 0.29) is 32.5 Å². The molecule has 0 amide bonds. The van der Waals surface area contributed by atoms with E-state index in [2.05, 4.69) is 266 Å². The van der Waals surface area contributed by atoms with E-state index in [9.17, 15) is 0 Å². The fourth-order valence-corrected chi connectivity index (χ4v) is 10.2. The first kappa shape index (κ1) is 49.6. The van der Waals surface area contributed by atoms with Crippen molar-refractivity contribution >= 4 is 44.6 Å². The Labute approximate surface area is 425 Å². The number of benzene rings is 6. The van der Waals surface area contributed by atoms with Crippen LogP contribution in [0.2, 0.25) is 0 Å². The van der Waals surface area contributed by atoms with Crippen LogP contribution in [0.4, 0.5) is 22.7 Å². The molecule has 6 aromatic carbocycles. The highest BCUT2D eigenvalue weighted by Crippen LogP contribution is 2.49. The van der Waals surface area contributed by atoms with Gasteiger partial charge in [0, 0.05) is 40.5 Å². The average molecular weight is 943 g/mol. The number of pyridine rings is 1. The second-order valence-electron chi connectivity index (χ2n) is 26.5. The van der Waals surface area contributed by atoms with Crippen LogP contribution in [0, 0.1) is 0 Å². The summed E-state index contributed by atoms with van der Waals surface area (Å²) in [4.78, 5) is 10.1. The van der Waals surface area contributed by atoms with Gasteiger partial charge in [-0.05, 0) is 144 Å². The van der Waals surface area contributed by atoms with Gasteiger partial charge in [0.1, 0.15) is 24.0 Å². The molecule has 0 unspecified atom stereocenters. The highest BCUT2D eigenvalue weighted by molar-refractivity contribution is 6.09. The zero-order chi connectivity index (χ0) is 51.4. The number of hydrogen-bond donors (Lipinski definition) is 0. The van der Waals surface area contributed by atoms with Gasteiger partial charge in [-0.3, -0.25) is 4.57 Å². The smallest absolute Gasteiger partial charge is 0.138 e. The maximum absolute atomic E-state index is 7.08. The molecular formula is C66H78N4O. The number of rotatable bonds is 6. The first-order valence-corrected chi connectivity index (χ1v) is 25.8. The number of para-hydroxylation sites is 3. The third kappa shape index (κ3) is 9.62. The highest BCUT2D eigenvalue weighted by atomic mass is 16.5. The molecule has 5 heteroatoms. The minimum atomic E-state index is -0.129. The van der Waals surface area contributed by atoms with Crippen molar-refractivity contribution in [2.45, 2.75) is 157 Å². The first-order valence-electron chi connectivity index (χ1n) is 25.8. The van der Waals surface area contributed by atoms with E-state index in [0.717, 1.165) is 39.4 Å². The number of nitrogens with zero attached hydrogens (tertiary/aromatic N) is 4. The molecule has 2 aromatic heterocycles. The molecule has 0 N–H and O–H groups in total. The number of fused-ring (bicyclic) bond motifs is 4. The van der Waals surface area contributed by atoms with Crippen molar-refractivity contribution in [3.05, 3.63) is 167 Å². The highest BCUT2D eigenvalue weighted by Gasteiger charge is 2.33. The molecule has 0 bridgehead atoms. The van der Waals surface area contributed by atoms with Gasteiger partial charge in [0.05, 0.1) is 22.4 Å². The minimum absolute atomic E-state index is 0.00533. The van der Waals surface area contributed by atoms with Crippen LogP contribution in [0.5, 0.6) is 11.5 Å². The second kappa shape index (κ2) is 17.2. The number of anilines is 4. The van der Waals surface area contributed by atoms with E-state index in [1.165, 1.54) is 67.0 Å². The fourth-order valence-electron chi connectivity index (χ4n) is 10.2. The van der Waals surface area contributed by atoms with E-state index in [0.29, 0.717) is 6.67 Å². The Morgan fingerprint density at radius 2 is 0.887 bits per heavy atom. The topological polar surface area (TPSA) is 33.5 Å². The Hall–Kier alpha value is -6.33. The number of hydrogen-bond acceptors (Lipinski definition) is 4. The molecule has 0 aliphatic carbocycles. The molecule has 5 nitrogen and oxygen atoms in total. The molecule has 0 fully saturated rings. The van der Waals surface area contributed by atoms with Crippen LogP contribution in [0.25, 0.3) is 38.8 Å². The van der Waals surface area contributed by atoms with Crippen molar-refractivity contribution in [2.24, 2.45) is 0 Å². The molecule has 0 radical (unpaired) electrons. The van der Waals surface area contributed by atoms with Gasteiger partial charge in [-0.2, -0.15) is 0 Å². The summed E-state index contributed by atoms with van der Waals surface area (Å²) in [6, 6.07) is 47.5. The van der Waals surface area contributed by atoms with Crippen molar-refractivity contribution in [2.75, 3.05) is 16.5 Å². The van der Waals surface area contributed by atoms with Gasteiger partial charge in [0.15, 0.2) is 0 Å². The standard InChI is InChI=1S/C66H78N4O/c1-61(2,3)43-32-44(62(4,5)6)34-47(33-43)68-41-69(57-26-22-21-25-56(57)68)48-35-45(63(7,8)9)36-50(39-48)71-49-27-28-52-51-23-19-20-24-55(51)70(58(52)40-49)59-31-42(29-30-67-59)60-53(65(13,14)15)37-46(64(10,11)12)38-54(60)66(16,17)18/h19-40H,41H2,1-18H3. The van der Waals surface area contributed by atoms with Crippen LogP contribution in [0.1, 0.15) is 158 Å². The summed E-state index contributed by atoms with van der Waals surface area (Å²) in [5.74, 6) is 2.45. The van der Waals surface area contributed by atoms with Gasteiger partial charge in [-0.25, -0.2) is 4.98 Å². The fraction of sp³-hybridized carbons (Fsp3) is 0.379. The molecule has 0 atom stereocenters. The van der Waals surface area contributed by atoms with Crippen molar-refractivity contribution < 1.29 is 4.74 Å². The third-order valence-electron chi connectivity index (χ3n) is 14.5. The van der Waals surface area contributed by atoms with E-state index >= 15 is 0 Å². The average Bonchev–Trinajstić information content (AvgIpc) is 3.83. The lowest BCUT2D eigenvalue weighted by atomic mass is 9.71. The summed E-state index contributed by atoms with van der Waals surface area (Å²) < 4.78 is 9.40. The van der Waals surface area contributed by atoms with Gasteiger partial charge >= 0.3 is 0 Å². The number of aromatic nitrogens is 2. The summed E-state index contributed by atoms with van der Waals surface area (Å²) in [5, 5.41) is 2.34. The molecule has 0 saturated heterocycles. The molecule has 368 valence electrons. The summed E-state index contributed by atoms with van der Waals surface area (Å²) >= 11 is 0. The zero-order valence-corrected chi connectivity index (χ0v) is 46.1. The van der Waals surface area contributed by atoms with Crippen molar-refractivity contribution in [1.29, 1.82) is 0 Å². The van der Waals surface area contributed by atoms with Crippen LogP contribution in [0.3, 0.4) is 0 Å². The van der Waals surface area contributed by atoms with Crippen LogP contribution < -0.4 is 14.5 Å². The number of ether oxygens (including phenoxy) is 1. The monoisotopic (exact) mass is 943 g/mol. The lowest BCUT2D eigenvalue weighted by Crippen LogP contribution is -2.26. The van der Waals surface area contributed by atoms with E-state index in [1.54, 1.807) is 0 Å².